The molecule has 0 aliphatic carbocycles. The van der Waals surface area contributed by atoms with E-state index in [0.29, 0.717) is 5.56 Å². The van der Waals surface area contributed by atoms with E-state index < -0.39 is 0 Å². The molecule has 0 bridgehead atoms. The van der Waals surface area contributed by atoms with Crippen molar-refractivity contribution < 1.29 is 4.79 Å². The zero-order valence-corrected chi connectivity index (χ0v) is 12.7. The molecule has 0 aliphatic heterocycles. The predicted octanol–water partition coefficient (Wildman–Crippen LogP) is 3.60. The summed E-state index contributed by atoms with van der Waals surface area (Å²) < 4.78 is 0. The first-order valence-electron chi connectivity index (χ1n) is 6.49. The number of aryl methyl sites for hydroxylation is 1. The van der Waals surface area contributed by atoms with Gasteiger partial charge in [0.15, 0.2) is 0 Å². The lowest BCUT2D eigenvalue weighted by atomic mass is 10.1. The highest BCUT2D eigenvalue weighted by molar-refractivity contribution is 7.98. The minimum Gasteiger partial charge on any atom is -0.345 e. The molecule has 0 radical (unpaired) electrons. The number of pyridine rings is 1. The number of hydrogen-bond donors (Lipinski definition) is 1. The van der Waals surface area contributed by atoms with Crippen molar-refractivity contribution in [2.45, 2.75) is 24.9 Å². The number of carbonyl (C=O) groups is 1. The third-order valence-electron chi connectivity index (χ3n) is 3.08. The first kappa shape index (κ1) is 14.6. The van der Waals surface area contributed by atoms with E-state index in [1.165, 1.54) is 11.8 Å². The van der Waals surface area contributed by atoms with Crippen molar-refractivity contribution in [3.8, 4) is 0 Å². The van der Waals surface area contributed by atoms with Gasteiger partial charge >= 0.3 is 0 Å². The third-order valence-corrected chi connectivity index (χ3v) is 3.78. The van der Waals surface area contributed by atoms with E-state index in [4.69, 9.17) is 0 Å². The first-order chi connectivity index (χ1) is 9.61. The molecule has 0 spiro atoms. The number of benzene rings is 1. The van der Waals surface area contributed by atoms with Crippen LogP contribution in [0.4, 0.5) is 0 Å². The van der Waals surface area contributed by atoms with Gasteiger partial charge in [0.2, 0.25) is 0 Å². The molecule has 4 heteroatoms. The van der Waals surface area contributed by atoms with Crippen LogP contribution in [-0.2, 0) is 0 Å². The van der Waals surface area contributed by atoms with Crippen molar-refractivity contribution >= 4 is 17.7 Å². The van der Waals surface area contributed by atoms with Crippen LogP contribution in [-0.4, -0.2) is 17.1 Å². The van der Waals surface area contributed by atoms with Crippen LogP contribution in [0.2, 0.25) is 0 Å². The van der Waals surface area contributed by atoms with Crippen LogP contribution < -0.4 is 5.32 Å². The summed E-state index contributed by atoms with van der Waals surface area (Å²) in [6.45, 7) is 3.90. The van der Waals surface area contributed by atoms with E-state index in [9.17, 15) is 4.79 Å². The lowest BCUT2D eigenvalue weighted by molar-refractivity contribution is 0.0936. The number of aromatic nitrogens is 1. The Balaban J connectivity index is 2.16. The van der Waals surface area contributed by atoms with Crippen LogP contribution in [0, 0.1) is 6.92 Å². The molecule has 20 heavy (non-hydrogen) atoms. The minimum absolute atomic E-state index is 0.0280. The Kier molecular flexibility index (Phi) is 4.79. The SMILES string of the molecule is CSc1nc(C)ccc1C(=O)N[C@@H](C)c1ccccc1. The Morgan fingerprint density at radius 2 is 1.90 bits per heavy atom. The Morgan fingerprint density at radius 1 is 1.20 bits per heavy atom. The summed E-state index contributed by atoms with van der Waals surface area (Å²) in [5.41, 5.74) is 2.64. The van der Waals surface area contributed by atoms with Crippen LogP contribution in [0.25, 0.3) is 0 Å². The number of rotatable bonds is 4. The number of thioether (sulfide) groups is 1. The highest BCUT2D eigenvalue weighted by atomic mass is 32.2. The smallest absolute Gasteiger partial charge is 0.254 e. The van der Waals surface area contributed by atoms with Gasteiger partial charge in [0.1, 0.15) is 5.03 Å². The Morgan fingerprint density at radius 3 is 2.55 bits per heavy atom. The molecule has 2 aromatic rings. The van der Waals surface area contributed by atoms with Crippen molar-refractivity contribution in [1.29, 1.82) is 0 Å². The zero-order valence-electron chi connectivity index (χ0n) is 11.9. The second-order valence-electron chi connectivity index (χ2n) is 4.62. The number of nitrogens with zero attached hydrogens (tertiary/aromatic N) is 1. The molecule has 1 atom stereocenters. The summed E-state index contributed by atoms with van der Waals surface area (Å²) in [6.07, 6.45) is 1.93. The molecule has 2 rings (SSSR count). The first-order valence-corrected chi connectivity index (χ1v) is 7.71. The molecule has 0 saturated heterocycles. The molecule has 1 heterocycles. The number of nitrogens with one attached hydrogen (secondary N) is 1. The summed E-state index contributed by atoms with van der Waals surface area (Å²) in [4.78, 5) is 16.7. The fourth-order valence-corrected chi connectivity index (χ4v) is 2.58. The second-order valence-corrected chi connectivity index (χ2v) is 5.41. The maximum atomic E-state index is 12.4. The average molecular weight is 286 g/mol. The lowest BCUT2D eigenvalue weighted by Gasteiger charge is -2.15. The summed E-state index contributed by atoms with van der Waals surface area (Å²) >= 11 is 1.49. The van der Waals surface area contributed by atoms with Gasteiger partial charge in [-0.1, -0.05) is 30.3 Å². The fourth-order valence-electron chi connectivity index (χ4n) is 1.96. The summed E-state index contributed by atoms with van der Waals surface area (Å²) in [5, 5.41) is 3.78. The molecule has 0 fully saturated rings. The average Bonchev–Trinajstić information content (AvgIpc) is 2.47. The Hall–Kier alpha value is -1.81. The van der Waals surface area contributed by atoms with Gasteiger partial charge in [-0.25, -0.2) is 4.98 Å². The van der Waals surface area contributed by atoms with E-state index in [-0.39, 0.29) is 11.9 Å². The molecule has 1 amide bonds. The summed E-state index contributed by atoms with van der Waals surface area (Å²) in [5.74, 6) is -0.0850. The van der Waals surface area contributed by atoms with Crippen LogP contribution >= 0.6 is 11.8 Å². The molecular weight excluding hydrogens is 268 g/mol. The maximum absolute atomic E-state index is 12.4. The highest BCUT2D eigenvalue weighted by Gasteiger charge is 2.15. The fraction of sp³-hybridized carbons (Fsp3) is 0.250. The molecule has 0 unspecified atom stereocenters. The van der Waals surface area contributed by atoms with Gasteiger partial charge in [-0.15, -0.1) is 11.8 Å². The predicted molar refractivity (Wildman–Crippen MR) is 83.1 cm³/mol. The second kappa shape index (κ2) is 6.57. The van der Waals surface area contributed by atoms with Crippen LogP contribution in [0.3, 0.4) is 0 Å². The van der Waals surface area contributed by atoms with Crippen molar-refractivity contribution in [2.24, 2.45) is 0 Å². The molecule has 104 valence electrons. The number of hydrogen-bond acceptors (Lipinski definition) is 3. The molecule has 1 N–H and O–H groups in total. The Labute approximate surface area is 123 Å². The molecule has 0 saturated carbocycles. The van der Waals surface area contributed by atoms with Crippen LogP contribution in [0.1, 0.15) is 34.6 Å². The van der Waals surface area contributed by atoms with Gasteiger partial charge in [-0.05, 0) is 37.8 Å². The van der Waals surface area contributed by atoms with Gasteiger partial charge in [-0.3, -0.25) is 4.79 Å². The van der Waals surface area contributed by atoms with E-state index in [1.807, 2.05) is 62.6 Å². The molecular formula is C16H18N2OS. The van der Waals surface area contributed by atoms with E-state index in [0.717, 1.165) is 16.3 Å². The van der Waals surface area contributed by atoms with Crippen molar-refractivity contribution in [3.63, 3.8) is 0 Å². The Bertz CT molecular complexity index is 599. The minimum atomic E-state index is -0.0850. The number of carbonyl (C=O) groups excluding carboxylic acids is 1. The van der Waals surface area contributed by atoms with Gasteiger partial charge < -0.3 is 5.32 Å². The van der Waals surface area contributed by atoms with Gasteiger partial charge in [-0.2, -0.15) is 0 Å². The van der Waals surface area contributed by atoms with Crippen molar-refractivity contribution in [3.05, 3.63) is 59.3 Å². The molecule has 0 aliphatic rings. The standard InChI is InChI=1S/C16H18N2OS/c1-11-9-10-14(16(17-11)20-3)15(19)18-12(2)13-7-5-4-6-8-13/h4-10,12H,1-3H3,(H,18,19)/t12-/m0/s1. The monoisotopic (exact) mass is 286 g/mol. The van der Waals surface area contributed by atoms with E-state index in [2.05, 4.69) is 10.3 Å². The molecule has 1 aromatic carbocycles. The third kappa shape index (κ3) is 3.39. The van der Waals surface area contributed by atoms with Gasteiger partial charge in [0, 0.05) is 5.69 Å². The topological polar surface area (TPSA) is 42.0 Å². The summed E-state index contributed by atoms with van der Waals surface area (Å²) in [6, 6.07) is 13.6. The highest BCUT2D eigenvalue weighted by Crippen LogP contribution is 2.20. The molecule has 3 nitrogen and oxygen atoms in total. The maximum Gasteiger partial charge on any atom is 0.254 e. The zero-order chi connectivity index (χ0) is 14.5. The van der Waals surface area contributed by atoms with Crippen LogP contribution in [0.5, 0.6) is 0 Å². The lowest BCUT2D eigenvalue weighted by Crippen LogP contribution is -2.27. The van der Waals surface area contributed by atoms with Gasteiger partial charge in [0.05, 0.1) is 11.6 Å². The number of amides is 1. The van der Waals surface area contributed by atoms with Crippen molar-refractivity contribution in [1.82, 2.24) is 10.3 Å². The summed E-state index contributed by atoms with van der Waals surface area (Å²) in [7, 11) is 0. The quantitative estimate of drug-likeness (QED) is 0.873. The normalized spacial score (nSPS) is 11.9. The van der Waals surface area contributed by atoms with E-state index in [1.54, 1.807) is 0 Å². The molecule has 1 aromatic heterocycles. The largest absolute Gasteiger partial charge is 0.345 e. The van der Waals surface area contributed by atoms with E-state index >= 15 is 0 Å². The van der Waals surface area contributed by atoms with Crippen molar-refractivity contribution in [2.75, 3.05) is 6.26 Å². The van der Waals surface area contributed by atoms with Gasteiger partial charge in [0.25, 0.3) is 5.91 Å². The van der Waals surface area contributed by atoms with Crippen LogP contribution in [0.15, 0.2) is 47.5 Å².